The number of hydrogen-bond donors (Lipinski definition) is 1. The number of rotatable bonds is 5. The fourth-order valence-electron chi connectivity index (χ4n) is 1.75. The first kappa shape index (κ1) is 15.5. The highest BCUT2D eigenvalue weighted by Gasteiger charge is 2.14. The molecular weight excluding hydrogens is 309 g/mol. The van der Waals surface area contributed by atoms with Crippen LogP contribution in [-0.4, -0.2) is 22.9 Å². The van der Waals surface area contributed by atoms with Crippen LogP contribution in [-0.2, 0) is 4.79 Å². The summed E-state index contributed by atoms with van der Waals surface area (Å²) in [5.74, 6) is -0.393. The summed E-state index contributed by atoms with van der Waals surface area (Å²) in [5, 5.41) is 1.85. The van der Waals surface area contributed by atoms with Gasteiger partial charge in [-0.25, -0.2) is 0 Å². The van der Waals surface area contributed by atoms with E-state index in [-0.39, 0.29) is 17.6 Å². The van der Waals surface area contributed by atoms with Crippen LogP contribution in [0.2, 0.25) is 0 Å². The van der Waals surface area contributed by atoms with Gasteiger partial charge in [-0.15, -0.1) is 23.2 Å². The van der Waals surface area contributed by atoms with Gasteiger partial charge in [0.1, 0.15) is 5.38 Å². The zero-order valence-corrected chi connectivity index (χ0v) is 12.6. The molecule has 0 heterocycles. The SMILES string of the molecule is O=C(c1ccccc1)c1ccc(NC(=O)C(Cl)CCl)cc1. The Labute approximate surface area is 132 Å². The molecule has 0 spiro atoms. The Kier molecular flexibility index (Phi) is 5.37. The van der Waals surface area contributed by atoms with Gasteiger partial charge >= 0.3 is 0 Å². The summed E-state index contributed by atoms with van der Waals surface area (Å²) < 4.78 is 0. The molecule has 1 N–H and O–H groups in total. The van der Waals surface area contributed by atoms with Crippen molar-refractivity contribution in [3.05, 3.63) is 65.7 Å². The minimum Gasteiger partial charge on any atom is -0.325 e. The molecule has 0 fully saturated rings. The number of alkyl halides is 2. The standard InChI is InChI=1S/C16H13Cl2NO2/c17-10-14(18)16(21)19-13-8-6-12(7-9-13)15(20)11-4-2-1-3-5-11/h1-9,14H,10H2,(H,19,21). The topological polar surface area (TPSA) is 46.2 Å². The number of amides is 1. The summed E-state index contributed by atoms with van der Waals surface area (Å²) in [6.07, 6.45) is 0. The van der Waals surface area contributed by atoms with Gasteiger partial charge < -0.3 is 5.32 Å². The van der Waals surface area contributed by atoms with Crippen LogP contribution < -0.4 is 5.32 Å². The molecule has 21 heavy (non-hydrogen) atoms. The number of ketones is 1. The van der Waals surface area contributed by atoms with Crippen molar-refractivity contribution in [2.45, 2.75) is 5.38 Å². The van der Waals surface area contributed by atoms with Crippen LogP contribution in [0.4, 0.5) is 5.69 Å². The quantitative estimate of drug-likeness (QED) is 0.674. The van der Waals surface area contributed by atoms with Gasteiger partial charge in [0.15, 0.2) is 5.78 Å². The van der Waals surface area contributed by atoms with Crippen LogP contribution in [0.3, 0.4) is 0 Å². The molecule has 0 bridgehead atoms. The number of nitrogens with one attached hydrogen (secondary N) is 1. The molecule has 108 valence electrons. The Morgan fingerprint density at radius 2 is 1.52 bits per heavy atom. The monoisotopic (exact) mass is 321 g/mol. The van der Waals surface area contributed by atoms with Gasteiger partial charge in [0.2, 0.25) is 5.91 Å². The zero-order valence-electron chi connectivity index (χ0n) is 11.1. The lowest BCUT2D eigenvalue weighted by molar-refractivity contribution is -0.115. The first-order valence-corrected chi connectivity index (χ1v) is 7.29. The van der Waals surface area contributed by atoms with Gasteiger partial charge in [0.05, 0.1) is 0 Å². The summed E-state index contributed by atoms with van der Waals surface area (Å²) in [6.45, 7) is 0. The van der Waals surface area contributed by atoms with E-state index in [1.165, 1.54) is 0 Å². The van der Waals surface area contributed by atoms with Crippen LogP contribution >= 0.6 is 23.2 Å². The van der Waals surface area contributed by atoms with Crippen LogP contribution in [0, 0.1) is 0 Å². The molecular formula is C16H13Cl2NO2. The number of benzene rings is 2. The maximum atomic E-state index is 12.2. The first-order valence-electron chi connectivity index (χ1n) is 6.32. The lowest BCUT2D eigenvalue weighted by atomic mass is 10.0. The summed E-state index contributed by atoms with van der Waals surface area (Å²) >= 11 is 11.2. The van der Waals surface area contributed by atoms with Gasteiger partial charge in [-0.05, 0) is 24.3 Å². The normalized spacial score (nSPS) is 11.7. The van der Waals surface area contributed by atoms with Crippen molar-refractivity contribution in [2.75, 3.05) is 11.2 Å². The molecule has 1 amide bonds. The molecule has 3 nitrogen and oxygen atoms in total. The fraction of sp³-hybridized carbons (Fsp3) is 0.125. The zero-order chi connectivity index (χ0) is 15.2. The molecule has 2 rings (SSSR count). The lowest BCUT2D eigenvalue weighted by Gasteiger charge is -2.08. The van der Waals surface area contributed by atoms with Gasteiger partial charge in [-0.2, -0.15) is 0 Å². The maximum Gasteiger partial charge on any atom is 0.243 e. The highest BCUT2D eigenvalue weighted by atomic mass is 35.5. The van der Waals surface area contributed by atoms with Crippen molar-refractivity contribution in [3.8, 4) is 0 Å². The Morgan fingerprint density at radius 3 is 2.10 bits per heavy atom. The van der Waals surface area contributed by atoms with E-state index >= 15 is 0 Å². The number of hydrogen-bond acceptors (Lipinski definition) is 2. The Balaban J connectivity index is 2.09. The fourth-order valence-corrected chi connectivity index (χ4v) is 1.95. The van der Waals surface area contributed by atoms with Crippen molar-refractivity contribution in [2.24, 2.45) is 0 Å². The largest absolute Gasteiger partial charge is 0.325 e. The second kappa shape index (κ2) is 7.25. The molecule has 0 aromatic heterocycles. The van der Waals surface area contributed by atoms with E-state index in [4.69, 9.17) is 23.2 Å². The van der Waals surface area contributed by atoms with Crippen molar-refractivity contribution >= 4 is 40.6 Å². The molecule has 2 aromatic rings. The second-order valence-electron chi connectivity index (χ2n) is 4.38. The first-order chi connectivity index (χ1) is 10.1. The maximum absolute atomic E-state index is 12.2. The molecule has 0 radical (unpaired) electrons. The predicted molar refractivity (Wildman–Crippen MR) is 85.3 cm³/mol. The van der Waals surface area contributed by atoms with Gasteiger partial charge in [0.25, 0.3) is 0 Å². The van der Waals surface area contributed by atoms with E-state index < -0.39 is 5.38 Å². The van der Waals surface area contributed by atoms with Crippen LogP contribution in [0.5, 0.6) is 0 Å². The highest BCUT2D eigenvalue weighted by Crippen LogP contribution is 2.14. The summed E-state index contributed by atoms with van der Waals surface area (Å²) in [7, 11) is 0. The van der Waals surface area contributed by atoms with Crippen molar-refractivity contribution < 1.29 is 9.59 Å². The summed E-state index contributed by atoms with van der Waals surface area (Å²) in [5.41, 5.74) is 1.75. The van der Waals surface area contributed by atoms with Crippen molar-refractivity contribution in [1.29, 1.82) is 0 Å². The Hall–Kier alpha value is -1.84. The second-order valence-corrected chi connectivity index (χ2v) is 5.22. The van der Waals surface area contributed by atoms with E-state index in [1.807, 2.05) is 18.2 Å². The minimum atomic E-state index is -0.780. The third-order valence-corrected chi connectivity index (χ3v) is 3.69. The van der Waals surface area contributed by atoms with Gasteiger partial charge in [0, 0.05) is 22.7 Å². The van der Waals surface area contributed by atoms with E-state index in [9.17, 15) is 9.59 Å². The van der Waals surface area contributed by atoms with E-state index in [0.29, 0.717) is 16.8 Å². The Bertz CT molecular complexity index is 626. The molecule has 0 saturated carbocycles. The van der Waals surface area contributed by atoms with E-state index in [1.54, 1.807) is 36.4 Å². The summed E-state index contributed by atoms with van der Waals surface area (Å²) in [6, 6.07) is 15.6. The molecule has 2 aromatic carbocycles. The van der Waals surface area contributed by atoms with Crippen LogP contribution in [0.15, 0.2) is 54.6 Å². The van der Waals surface area contributed by atoms with Crippen LogP contribution in [0.1, 0.15) is 15.9 Å². The van der Waals surface area contributed by atoms with E-state index in [2.05, 4.69) is 5.32 Å². The molecule has 5 heteroatoms. The lowest BCUT2D eigenvalue weighted by Crippen LogP contribution is -2.24. The van der Waals surface area contributed by atoms with E-state index in [0.717, 1.165) is 0 Å². The number of carbonyl (C=O) groups excluding carboxylic acids is 2. The Morgan fingerprint density at radius 1 is 0.952 bits per heavy atom. The number of halogens is 2. The smallest absolute Gasteiger partial charge is 0.243 e. The predicted octanol–water partition coefficient (Wildman–Crippen LogP) is 3.70. The number of carbonyl (C=O) groups is 2. The molecule has 0 aliphatic heterocycles. The number of anilines is 1. The minimum absolute atomic E-state index is 0.0396. The molecule has 0 aliphatic carbocycles. The third kappa shape index (κ3) is 4.06. The third-order valence-electron chi connectivity index (χ3n) is 2.87. The van der Waals surface area contributed by atoms with Crippen molar-refractivity contribution in [1.82, 2.24) is 0 Å². The molecule has 0 saturated heterocycles. The average molecular weight is 322 g/mol. The molecule has 1 atom stereocenters. The van der Waals surface area contributed by atoms with Crippen LogP contribution in [0.25, 0.3) is 0 Å². The molecule has 0 aliphatic rings. The molecule has 1 unspecified atom stereocenters. The van der Waals surface area contributed by atoms with Crippen molar-refractivity contribution in [3.63, 3.8) is 0 Å². The highest BCUT2D eigenvalue weighted by molar-refractivity contribution is 6.37. The van der Waals surface area contributed by atoms with Gasteiger partial charge in [-0.3, -0.25) is 9.59 Å². The summed E-state index contributed by atoms with van der Waals surface area (Å²) in [4.78, 5) is 23.8. The van der Waals surface area contributed by atoms with Gasteiger partial charge in [-0.1, -0.05) is 30.3 Å². The average Bonchev–Trinajstić information content (AvgIpc) is 2.55.